The van der Waals surface area contributed by atoms with Crippen LogP contribution in [0.5, 0.6) is 0 Å². The van der Waals surface area contributed by atoms with Crippen molar-refractivity contribution in [3.63, 3.8) is 0 Å². The summed E-state index contributed by atoms with van der Waals surface area (Å²) in [7, 11) is 0. The molecule has 3 rings (SSSR count). The Labute approximate surface area is 163 Å². The summed E-state index contributed by atoms with van der Waals surface area (Å²) < 4.78 is 0. The number of piperazine rings is 1. The Balaban J connectivity index is 1.48. The maximum Gasteiger partial charge on any atom is 0.234 e. The van der Waals surface area contributed by atoms with Crippen molar-refractivity contribution in [2.45, 2.75) is 13.0 Å². The normalized spacial score (nSPS) is 16.3. The molecular formula is C18H21Cl2N5O. The van der Waals surface area contributed by atoms with Gasteiger partial charge in [-0.05, 0) is 30.7 Å². The molecular weight excluding hydrogens is 373 g/mol. The second kappa shape index (κ2) is 8.66. The summed E-state index contributed by atoms with van der Waals surface area (Å²) in [4.78, 5) is 25.2. The van der Waals surface area contributed by atoms with Gasteiger partial charge in [0.05, 0.1) is 12.6 Å². The molecule has 1 fully saturated rings. The summed E-state index contributed by atoms with van der Waals surface area (Å²) in [6.07, 6.45) is 3.48. The molecule has 0 unspecified atom stereocenters. The van der Waals surface area contributed by atoms with E-state index in [-0.39, 0.29) is 11.9 Å². The van der Waals surface area contributed by atoms with Crippen LogP contribution in [0, 0.1) is 0 Å². The quantitative estimate of drug-likeness (QED) is 0.845. The topological polar surface area (TPSA) is 61.4 Å². The van der Waals surface area contributed by atoms with E-state index in [1.54, 1.807) is 30.6 Å². The molecule has 0 aliphatic carbocycles. The monoisotopic (exact) mass is 393 g/mol. The van der Waals surface area contributed by atoms with Crippen molar-refractivity contribution in [2.75, 3.05) is 37.6 Å². The minimum atomic E-state index is -0.175. The Morgan fingerprint density at radius 1 is 1.19 bits per heavy atom. The van der Waals surface area contributed by atoms with E-state index in [0.29, 0.717) is 16.6 Å². The van der Waals surface area contributed by atoms with Gasteiger partial charge in [-0.15, -0.1) is 0 Å². The summed E-state index contributed by atoms with van der Waals surface area (Å²) in [6.45, 7) is 5.46. The molecule has 2 aromatic rings. The van der Waals surface area contributed by atoms with Gasteiger partial charge in [0.2, 0.25) is 11.9 Å². The number of rotatable bonds is 5. The van der Waals surface area contributed by atoms with Crippen LogP contribution in [0.15, 0.2) is 36.7 Å². The summed E-state index contributed by atoms with van der Waals surface area (Å²) >= 11 is 12.1. The molecule has 138 valence electrons. The molecule has 8 heteroatoms. The first-order chi connectivity index (χ1) is 12.5. The number of anilines is 1. The lowest BCUT2D eigenvalue weighted by Crippen LogP contribution is -2.50. The van der Waals surface area contributed by atoms with E-state index in [1.807, 2.05) is 13.0 Å². The fourth-order valence-corrected chi connectivity index (χ4v) is 3.55. The number of carbonyl (C=O) groups is 1. The van der Waals surface area contributed by atoms with E-state index in [4.69, 9.17) is 23.2 Å². The number of aromatic nitrogens is 2. The van der Waals surface area contributed by atoms with Gasteiger partial charge in [0.25, 0.3) is 0 Å². The van der Waals surface area contributed by atoms with E-state index in [0.717, 1.165) is 37.7 Å². The van der Waals surface area contributed by atoms with Crippen molar-refractivity contribution in [1.29, 1.82) is 0 Å². The molecule has 26 heavy (non-hydrogen) atoms. The zero-order chi connectivity index (χ0) is 18.5. The molecule has 6 nitrogen and oxygen atoms in total. The van der Waals surface area contributed by atoms with Crippen LogP contribution in [0.25, 0.3) is 0 Å². The maximum atomic E-state index is 12.4. The molecule has 1 aromatic heterocycles. The second-order valence-corrected chi connectivity index (χ2v) is 7.11. The fourth-order valence-electron chi connectivity index (χ4n) is 2.98. The Bertz CT molecular complexity index is 751. The number of carbonyl (C=O) groups excluding carboxylic acids is 1. The number of halogens is 2. The van der Waals surface area contributed by atoms with Gasteiger partial charge in [0.15, 0.2) is 0 Å². The van der Waals surface area contributed by atoms with Crippen LogP contribution in [0.1, 0.15) is 18.5 Å². The van der Waals surface area contributed by atoms with Gasteiger partial charge in [-0.3, -0.25) is 9.69 Å². The molecule has 2 heterocycles. The van der Waals surface area contributed by atoms with Crippen molar-refractivity contribution in [3.05, 3.63) is 52.3 Å². The smallest absolute Gasteiger partial charge is 0.234 e. The number of amides is 1. The van der Waals surface area contributed by atoms with Crippen molar-refractivity contribution >= 4 is 35.1 Å². The molecule has 1 aliphatic heterocycles. The molecule has 0 spiro atoms. The third-order valence-electron chi connectivity index (χ3n) is 4.38. The summed E-state index contributed by atoms with van der Waals surface area (Å²) in [5.74, 6) is 0.718. The molecule has 0 saturated carbocycles. The average molecular weight is 394 g/mol. The third kappa shape index (κ3) is 4.84. The van der Waals surface area contributed by atoms with Gasteiger partial charge in [0.1, 0.15) is 0 Å². The van der Waals surface area contributed by atoms with Crippen LogP contribution in [0.2, 0.25) is 10.0 Å². The fraction of sp³-hybridized carbons (Fsp3) is 0.389. The van der Waals surface area contributed by atoms with Gasteiger partial charge in [0, 0.05) is 48.6 Å². The second-order valence-electron chi connectivity index (χ2n) is 6.27. The standard InChI is InChI=1S/C18H21Cl2N5O/c1-13(15-4-3-14(19)11-16(15)20)23-17(26)12-24-7-9-25(10-8-24)18-21-5-2-6-22-18/h2-6,11,13H,7-10,12H2,1H3,(H,23,26)/t13-/m0/s1. The largest absolute Gasteiger partial charge is 0.348 e. The number of benzene rings is 1. The highest BCUT2D eigenvalue weighted by Gasteiger charge is 2.21. The third-order valence-corrected chi connectivity index (χ3v) is 4.94. The summed E-state index contributed by atoms with van der Waals surface area (Å²) in [6, 6.07) is 6.93. The molecule has 1 aromatic carbocycles. The molecule has 0 radical (unpaired) electrons. The lowest BCUT2D eigenvalue weighted by atomic mass is 10.1. The maximum absolute atomic E-state index is 12.4. The Hall–Kier alpha value is -1.89. The van der Waals surface area contributed by atoms with E-state index in [1.165, 1.54) is 0 Å². The molecule has 1 N–H and O–H groups in total. The summed E-state index contributed by atoms with van der Waals surface area (Å²) in [5, 5.41) is 4.14. The van der Waals surface area contributed by atoms with Crippen LogP contribution in [0.4, 0.5) is 5.95 Å². The highest BCUT2D eigenvalue weighted by Crippen LogP contribution is 2.26. The van der Waals surface area contributed by atoms with Crippen molar-refractivity contribution < 1.29 is 4.79 Å². The van der Waals surface area contributed by atoms with E-state index >= 15 is 0 Å². The molecule has 0 bridgehead atoms. The lowest BCUT2D eigenvalue weighted by Gasteiger charge is -2.34. The molecule has 1 atom stereocenters. The first kappa shape index (κ1) is 18.9. The highest BCUT2D eigenvalue weighted by atomic mass is 35.5. The molecule has 1 amide bonds. The Morgan fingerprint density at radius 2 is 1.88 bits per heavy atom. The van der Waals surface area contributed by atoms with Crippen molar-refractivity contribution in [3.8, 4) is 0 Å². The van der Waals surface area contributed by atoms with Crippen LogP contribution >= 0.6 is 23.2 Å². The van der Waals surface area contributed by atoms with Crippen molar-refractivity contribution in [1.82, 2.24) is 20.2 Å². The average Bonchev–Trinajstić information content (AvgIpc) is 2.63. The summed E-state index contributed by atoms with van der Waals surface area (Å²) in [5.41, 5.74) is 0.857. The zero-order valence-corrected chi connectivity index (χ0v) is 16.0. The predicted molar refractivity (Wildman–Crippen MR) is 104 cm³/mol. The minimum absolute atomic E-state index is 0.0204. The van der Waals surface area contributed by atoms with Gasteiger partial charge in [-0.2, -0.15) is 0 Å². The minimum Gasteiger partial charge on any atom is -0.348 e. The van der Waals surface area contributed by atoms with Crippen LogP contribution in [-0.2, 0) is 4.79 Å². The highest BCUT2D eigenvalue weighted by molar-refractivity contribution is 6.35. The molecule has 1 aliphatic rings. The van der Waals surface area contributed by atoms with E-state index in [2.05, 4.69) is 25.1 Å². The van der Waals surface area contributed by atoms with E-state index < -0.39 is 0 Å². The van der Waals surface area contributed by atoms with Gasteiger partial charge in [-0.1, -0.05) is 29.3 Å². The first-order valence-electron chi connectivity index (χ1n) is 8.51. The number of hydrogen-bond donors (Lipinski definition) is 1. The molecule has 1 saturated heterocycles. The first-order valence-corrected chi connectivity index (χ1v) is 9.27. The SMILES string of the molecule is C[C@H](NC(=O)CN1CCN(c2ncccn2)CC1)c1ccc(Cl)cc1Cl. The van der Waals surface area contributed by atoms with Crippen LogP contribution in [-0.4, -0.2) is 53.5 Å². The lowest BCUT2D eigenvalue weighted by molar-refractivity contribution is -0.123. The zero-order valence-electron chi connectivity index (χ0n) is 14.5. The van der Waals surface area contributed by atoms with E-state index in [9.17, 15) is 4.79 Å². The Morgan fingerprint density at radius 3 is 2.54 bits per heavy atom. The number of nitrogens with zero attached hydrogens (tertiary/aromatic N) is 4. The predicted octanol–water partition coefficient (Wildman–Crippen LogP) is 2.78. The Kier molecular flexibility index (Phi) is 6.29. The van der Waals surface area contributed by atoms with Gasteiger partial charge < -0.3 is 10.2 Å². The van der Waals surface area contributed by atoms with Crippen LogP contribution in [0.3, 0.4) is 0 Å². The number of nitrogens with one attached hydrogen (secondary N) is 1. The van der Waals surface area contributed by atoms with Gasteiger partial charge >= 0.3 is 0 Å². The van der Waals surface area contributed by atoms with Crippen LogP contribution < -0.4 is 10.2 Å². The van der Waals surface area contributed by atoms with Crippen molar-refractivity contribution in [2.24, 2.45) is 0 Å². The number of hydrogen-bond acceptors (Lipinski definition) is 5. The van der Waals surface area contributed by atoms with Gasteiger partial charge in [-0.25, -0.2) is 9.97 Å².